The molecule has 0 saturated heterocycles. The first-order chi connectivity index (χ1) is 9.20. The lowest BCUT2D eigenvalue weighted by atomic mass is 10.0. The molecule has 1 aromatic carbocycles. The average Bonchev–Trinajstić information content (AvgIpc) is 2.75. The smallest absolute Gasteiger partial charge is 0.0991 e. The molecule has 1 heterocycles. The summed E-state index contributed by atoms with van der Waals surface area (Å²) in [5.41, 5.74) is 2.47. The van der Waals surface area contributed by atoms with Crippen molar-refractivity contribution < 1.29 is 0 Å². The summed E-state index contributed by atoms with van der Waals surface area (Å²) in [6, 6.07) is 12.8. The maximum atomic E-state index is 6.25. The first-order valence-electron chi connectivity index (χ1n) is 6.42. The van der Waals surface area contributed by atoms with E-state index in [0.717, 1.165) is 33.6 Å². The molecule has 0 aliphatic carbocycles. The van der Waals surface area contributed by atoms with Gasteiger partial charge in [-0.25, -0.2) is 0 Å². The molecule has 1 atom stereocenters. The van der Waals surface area contributed by atoms with Gasteiger partial charge in [-0.3, -0.25) is 0 Å². The van der Waals surface area contributed by atoms with Gasteiger partial charge >= 0.3 is 0 Å². The Bertz CT molecular complexity index is 510. The number of rotatable bonds is 6. The number of benzene rings is 1. The van der Waals surface area contributed by atoms with Gasteiger partial charge in [0.15, 0.2) is 0 Å². The minimum atomic E-state index is 0.265. The minimum Gasteiger partial charge on any atom is -0.310 e. The Morgan fingerprint density at radius 1 is 1.21 bits per heavy atom. The van der Waals surface area contributed by atoms with E-state index in [4.69, 9.17) is 23.2 Å². The fourth-order valence-corrected chi connectivity index (χ4v) is 3.74. The molecule has 0 aliphatic rings. The molecule has 1 nitrogen and oxygen atoms in total. The lowest BCUT2D eigenvalue weighted by Gasteiger charge is -2.17. The van der Waals surface area contributed by atoms with Crippen LogP contribution in [-0.2, 0) is 6.42 Å². The van der Waals surface area contributed by atoms with Crippen molar-refractivity contribution in [3.63, 3.8) is 0 Å². The number of aryl methyl sites for hydroxylation is 1. The van der Waals surface area contributed by atoms with E-state index in [-0.39, 0.29) is 6.04 Å². The van der Waals surface area contributed by atoms with Crippen molar-refractivity contribution in [3.8, 4) is 0 Å². The molecule has 2 rings (SSSR count). The molecule has 0 fully saturated rings. The van der Waals surface area contributed by atoms with Crippen LogP contribution in [0.15, 0.2) is 36.4 Å². The lowest BCUT2D eigenvalue weighted by Crippen LogP contribution is -2.21. The van der Waals surface area contributed by atoms with Crippen molar-refractivity contribution >= 4 is 34.5 Å². The van der Waals surface area contributed by atoms with Gasteiger partial charge in [0.1, 0.15) is 0 Å². The zero-order valence-corrected chi connectivity index (χ0v) is 13.2. The van der Waals surface area contributed by atoms with E-state index < -0.39 is 0 Å². The van der Waals surface area contributed by atoms with Gasteiger partial charge in [-0.1, -0.05) is 60.5 Å². The molecule has 4 heteroatoms. The van der Waals surface area contributed by atoms with Crippen molar-refractivity contribution in [2.45, 2.75) is 25.8 Å². The zero-order valence-electron chi connectivity index (χ0n) is 10.8. The van der Waals surface area contributed by atoms with Gasteiger partial charge in [-0.2, -0.15) is 0 Å². The first-order valence-corrected chi connectivity index (χ1v) is 8.00. The summed E-state index contributed by atoms with van der Waals surface area (Å²) in [4.78, 5) is 0. The third-order valence-electron chi connectivity index (χ3n) is 3.07. The fourth-order valence-electron chi connectivity index (χ4n) is 2.16. The maximum Gasteiger partial charge on any atom is 0.0991 e. The number of thiophene rings is 1. The first kappa shape index (κ1) is 14.9. The molecule has 0 aliphatic heterocycles. The van der Waals surface area contributed by atoms with Gasteiger partial charge in [0.05, 0.1) is 8.67 Å². The monoisotopic (exact) mass is 313 g/mol. The normalized spacial score (nSPS) is 12.6. The number of nitrogens with one attached hydrogen (secondary N) is 1. The lowest BCUT2D eigenvalue weighted by molar-refractivity contribution is 0.517. The number of hydrogen-bond donors (Lipinski definition) is 1. The molecular formula is C15H17Cl2NS. The standard InChI is InChI=1S/C15H17Cl2NS/c1-2-18-13(12-10-14(16)19-15(12)17)9-8-11-6-4-3-5-7-11/h3-7,10,13,18H,2,8-9H2,1H3. The Morgan fingerprint density at radius 3 is 2.53 bits per heavy atom. The van der Waals surface area contributed by atoms with Crippen LogP contribution in [0.4, 0.5) is 0 Å². The SMILES string of the molecule is CCNC(CCc1ccccc1)c1cc(Cl)sc1Cl. The van der Waals surface area contributed by atoms with Gasteiger partial charge in [-0.15, -0.1) is 11.3 Å². The zero-order chi connectivity index (χ0) is 13.7. The second-order valence-electron chi connectivity index (χ2n) is 4.41. The Balaban J connectivity index is 2.06. The molecule has 1 unspecified atom stereocenters. The predicted molar refractivity (Wildman–Crippen MR) is 85.5 cm³/mol. The Labute approximate surface area is 128 Å². The molecule has 1 aromatic heterocycles. The van der Waals surface area contributed by atoms with E-state index in [1.165, 1.54) is 16.9 Å². The second-order valence-corrected chi connectivity index (χ2v) is 6.70. The van der Waals surface area contributed by atoms with Gasteiger partial charge in [0.25, 0.3) is 0 Å². The summed E-state index contributed by atoms with van der Waals surface area (Å²) < 4.78 is 1.55. The van der Waals surface area contributed by atoms with Crippen molar-refractivity contribution in [2.24, 2.45) is 0 Å². The van der Waals surface area contributed by atoms with Crippen molar-refractivity contribution in [1.82, 2.24) is 5.32 Å². The van der Waals surface area contributed by atoms with Crippen LogP contribution in [0.25, 0.3) is 0 Å². The van der Waals surface area contributed by atoms with E-state index >= 15 is 0 Å². The molecule has 0 saturated carbocycles. The van der Waals surface area contributed by atoms with E-state index in [9.17, 15) is 0 Å². The highest BCUT2D eigenvalue weighted by molar-refractivity contribution is 7.20. The molecule has 0 radical (unpaired) electrons. The Kier molecular flexibility index (Phi) is 5.71. The Morgan fingerprint density at radius 2 is 1.95 bits per heavy atom. The van der Waals surface area contributed by atoms with Crippen LogP contribution in [0, 0.1) is 0 Å². The topological polar surface area (TPSA) is 12.0 Å². The summed E-state index contributed by atoms with van der Waals surface area (Å²) in [6.07, 6.45) is 2.05. The van der Waals surface area contributed by atoms with Crippen LogP contribution in [-0.4, -0.2) is 6.54 Å². The highest BCUT2D eigenvalue weighted by atomic mass is 35.5. The molecule has 19 heavy (non-hydrogen) atoms. The largest absolute Gasteiger partial charge is 0.310 e. The van der Waals surface area contributed by atoms with Crippen LogP contribution in [0.5, 0.6) is 0 Å². The highest BCUT2D eigenvalue weighted by Gasteiger charge is 2.16. The summed E-state index contributed by atoms with van der Waals surface area (Å²) >= 11 is 13.7. The second kappa shape index (κ2) is 7.30. The summed E-state index contributed by atoms with van der Waals surface area (Å²) in [7, 11) is 0. The fraction of sp³-hybridized carbons (Fsp3) is 0.333. The molecule has 102 valence electrons. The van der Waals surface area contributed by atoms with Gasteiger partial charge < -0.3 is 5.32 Å². The molecular weight excluding hydrogens is 297 g/mol. The van der Waals surface area contributed by atoms with Crippen LogP contribution in [0.2, 0.25) is 8.67 Å². The molecule has 2 aromatic rings. The summed E-state index contributed by atoms with van der Waals surface area (Å²) in [5.74, 6) is 0. The van der Waals surface area contributed by atoms with Crippen molar-refractivity contribution in [1.29, 1.82) is 0 Å². The van der Waals surface area contributed by atoms with Crippen LogP contribution >= 0.6 is 34.5 Å². The third kappa shape index (κ3) is 4.22. The van der Waals surface area contributed by atoms with E-state index in [1.54, 1.807) is 0 Å². The van der Waals surface area contributed by atoms with E-state index in [1.807, 2.05) is 12.1 Å². The average molecular weight is 314 g/mol. The summed E-state index contributed by atoms with van der Waals surface area (Å²) in [6.45, 7) is 3.03. The Hall–Kier alpha value is -0.540. The predicted octanol–water partition coefficient (Wildman–Crippen LogP) is 5.34. The quantitative estimate of drug-likeness (QED) is 0.759. The summed E-state index contributed by atoms with van der Waals surface area (Å²) in [5, 5.41) is 3.49. The number of hydrogen-bond acceptors (Lipinski definition) is 2. The third-order valence-corrected chi connectivity index (χ3v) is 4.59. The van der Waals surface area contributed by atoms with Crippen molar-refractivity contribution in [3.05, 3.63) is 56.2 Å². The van der Waals surface area contributed by atoms with Gasteiger partial charge in [0.2, 0.25) is 0 Å². The minimum absolute atomic E-state index is 0.265. The molecule has 0 amide bonds. The van der Waals surface area contributed by atoms with Crippen LogP contribution in [0.3, 0.4) is 0 Å². The van der Waals surface area contributed by atoms with E-state index in [2.05, 4.69) is 36.5 Å². The maximum absolute atomic E-state index is 6.25. The van der Waals surface area contributed by atoms with Gasteiger partial charge in [0, 0.05) is 11.6 Å². The van der Waals surface area contributed by atoms with Crippen molar-refractivity contribution in [2.75, 3.05) is 6.54 Å². The van der Waals surface area contributed by atoms with Crippen LogP contribution in [0.1, 0.15) is 30.5 Å². The van der Waals surface area contributed by atoms with E-state index in [0.29, 0.717) is 0 Å². The molecule has 1 N–H and O–H groups in total. The highest BCUT2D eigenvalue weighted by Crippen LogP contribution is 2.36. The van der Waals surface area contributed by atoms with Gasteiger partial charge in [-0.05, 0) is 31.0 Å². The molecule has 0 spiro atoms. The van der Waals surface area contributed by atoms with Crippen LogP contribution < -0.4 is 5.32 Å². The molecule has 0 bridgehead atoms. The number of halogens is 2.